The van der Waals surface area contributed by atoms with Crippen molar-refractivity contribution in [2.75, 3.05) is 10.6 Å². The number of carbonyl (C=O) groups excluding carboxylic acids is 1. The normalized spacial score (nSPS) is 12.2. The summed E-state index contributed by atoms with van der Waals surface area (Å²) >= 11 is 0. The molecule has 0 heterocycles. The van der Waals surface area contributed by atoms with Crippen molar-refractivity contribution < 1.29 is 13.2 Å². The zero-order valence-electron chi connectivity index (χ0n) is 16.4. The average molecular weight is 409 g/mol. The van der Waals surface area contributed by atoms with Crippen LogP contribution in [-0.4, -0.2) is 20.6 Å². The number of amides is 1. The second-order valence-electron chi connectivity index (χ2n) is 6.88. The number of hydrogen-bond donors (Lipinski definition) is 1. The van der Waals surface area contributed by atoms with E-state index in [0.717, 1.165) is 17.4 Å². The summed E-state index contributed by atoms with van der Waals surface area (Å²) in [7, 11) is -3.60. The third-order valence-corrected chi connectivity index (χ3v) is 5.76. The van der Waals surface area contributed by atoms with Crippen molar-refractivity contribution in [1.29, 1.82) is 0 Å². The molecule has 0 spiro atoms. The zero-order chi connectivity index (χ0) is 20.9. The summed E-state index contributed by atoms with van der Waals surface area (Å²) in [4.78, 5) is 13.0. The molecule has 0 saturated carbocycles. The summed E-state index contributed by atoms with van der Waals surface area (Å²) in [6.07, 6.45) is 1.15. The fourth-order valence-electron chi connectivity index (χ4n) is 3.11. The topological polar surface area (TPSA) is 66.5 Å². The number of anilines is 1. The predicted octanol–water partition coefficient (Wildman–Crippen LogP) is 4.14. The quantitative estimate of drug-likeness (QED) is 0.639. The molecule has 150 valence electrons. The lowest BCUT2D eigenvalue weighted by molar-refractivity contribution is 0.0940. The van der Waals surface area contributed by atoms with Crippen LogP contribution in [-0.2, 0) is 16.6 Å². The average Bonchev–Trinajstić information content (AvgIpc) is 2.72. The van der Waals surface area contributed by atoms with E-state index < -0.39 is 10.0 Å². The van der Waals surface area contributed by atoms with Gasteiger partial charge in [0.15, 0.2) is 0 Å². The first-order valence-corrected chi connectivity index (χ1v) is 11.2. The molecule has 0 radical (unpaired) electrons. The molecule has 0 aliphatic carbocycles. The third kappa shape index (κ3) is 5.23. The predicted molar refractivity (Wildman–Crippen MR) is 116 cm³/mol. The maximum absolute atomic E-state index is 13.0. The first-order valence-electron chi connectivity index (χ1n) is 9.33. The Morgan fingerprint density at radius 3 is 2.07 bits per heavy atom. The smallest absolute Gasteiger partial charge is 0.253 e. The number of carbonyl (C=O) groups is 1. The van der Waals surface area contributed by atoms with Crippen LogP contribution in [0, 0.1) is 0 Å². The minimum Gasteiger partial charge on any atom is -0.345 e. The number of nitrogens with one attached hydrogen (secondary N) is 1. The van der Waals surface area contributed by atoms with Gasteiger partial charge in [-0.2, -0.15) is 0 Å². The Morgan fingerprint density at radius 2 is 1.45 bits per heavy atom. The number of benzene rings is 3. The van der Waals surface area contributed by atoms with Crippen LogP contribution in [0.3, 0.4) is 0 Å². The van der Waals surface area contributed by atoms with Crippen LogP contribution in [0.25, 0.3) is 0 Å². The minimum atomic E-state index is -3.60. The van der Waals surface area contributed by atoms with Crippen LogP contribution in [0.2, 0.25) is 0 Å². The SMILES string of the molecule is C[C@@H](NC(=O)c1ccccc1N(Cc1ccccc1)S(C)(=O)=O)c1ccccc1. The summed E-state index contributed by atoms with van der Waals surface area (Å²) in [5, 5.41) is 2.96. The van der Waals surface area contributed by atoms with E-state index in [2.05, 4.69) is 5.32 Å². The maximum Gasteiger partial charge on any atom is 0.253 e. The van der Waals surface area contributed by atoms with E-state index in [-0.39, 0.29) is 18.5 Å². The van der Waals surface area contributed by atoms with Gasteiger partial charge in [-0.05, 0) is 30.2 Å². The Labute approximate surface area is 172 Å². The van der Waals surface area contributed by atoms with Gasteiger partial charge >= 0.3 is 0 Å². The van der Waals surface area contributed by atoms with E-state index in [0.29, 0.717) is 11.3 Å². The van der Waals surface area contributed by atoms with Crippen LogP contribution in [0.4, 0.5) is 5.69 Å². The van der Waals surface area contributed by atoms with E-state index in [9.17, 15) is 13.2 Å². The Morgan fingerprint density at radius 1 is 0.897 bits per heavy atom. The van der Waals surface area contributed by atoms with Gasteiger partial charge in [0.2, 0.25) is 10.0 Å². The minimum absolute atomic E-state index is 0.151. The Balaban J connectivity index is 1.92. The van der Waals surface area contributed by atoms with Crippen molar-refractivity contribution in [3.8, 4) is 0 Å². The highest BCUT2D eigenvalue weighted by atomic mass is 32.2. The Kier molecular flexibility index (Phi) is 6.34. The third-order valence-electron chi connectivity index (χ3n) is 4.63. The molecule has 1 amide bonds. The van der Waals surface area contributed by atoms with Gasteiger partial charge in [0.1, 0.15) is 0 Å². The summed E-state index contributed by atoms with van der Waals surface area (Å²) in [6.45, 7) is 2.05. The van der Waals surface area contributed by atoms with Crippen molar-refractivity contribution >= 4 is 21.6 Å². The molecule has 3 aromatic rings. The lowest BCUT2D eigenvalue weighted by Crippen LogP contribution is -2.33. The van der Waals surface area contributed by atoms with E-state index in [4.69, 9.17) is 0 Å². The molecular formula is C23H24N2O3S. The first-order chi connectivity index (χ1) is 13.9. The molecular weight excluding hydrogens is 384 g/mol. The monoisotopic (exact) mass is 408 g/mol. The van der Waals surface area contributed by atoms with Gasteiger partial charge in [-0.15, -0.1) is 0 Å². The van der Waals surface area contributed by atoms with Crippen molar-refractivity contribution in [2.45, 2.75) is 19.5 Å². The van der Waals surface area contributed by atoms with Gasteiger partial charge in [0.05, 0.1) is 30.1 Å². The van der Waals surface area contributed by atoms with Crippen LogP contribution >= 0.6 is 0 Å². The van der Waals surface area contributed by atoms with Crippen molar-refractivity contribution in [2.24, 2.45) is 0 Å². The standard InChI is InChI=1S/C23H24N2O3S/c1-18(20-13-7-4-8-14-20)24-23(26)21-15-9-10-16-22(21)25(29(2,27)28)17-19-11-5-3-6-12-19/h3-16,18H,17H2,1-2H3,(H,24,26)/t18-/m1/s1. The largest absolute Gasteiger partial charge is 0.345 e. The lowest BCUT2D eigenvalue weighted by Gasteiger charge is -2.25. The summed E-state index contributed by atoms with van der Waals surface area (Å²) in [5.41, 5.74) is 2.49. The molecule has 29 heavy (non-hydrogen) atoms. The number of hydrogen-bond acceptors (Lipinski definition) is 3. The molecule has 0 unspecified atom stereocenters. The lowest BCUT2D eigenvalue weighted by atomic mass is 10.1. The van der Waals surface area contributed by atoms with E-state index in [1.54, 1.807) is 24.3 Å². The number of rotatable bonds is 7. The number of para-hydroxylation sites is 1. The zero-order valence-corrected chi connectivity index (χ0v) is 17.3. The highest BCUT2D eigenvalue weighted by molar-refractivity contribution is 7.92. The van der Waals surface area contributed by atoms with Gasteiger partial charge in [-0.1, -0.05) is 72.8 Å². The molecule has 6 heteroatoms. The Bertz CT molecular complexity index is 1070. The molecule has 0 aliphatic rings. The molecule has 0 aliphatic heterocycles. The van der Waals surface area contributed by atoms with E-state index in [1.807, 2.05) is 67.6 Å². The summed E-state index contributed by atoms with van der Waals surface area (Å²) in [6, 6.07) is 25.5. The molecule has 3 aromatic carbocycles. The van der Waals surface area contributed by atoms with Crippen molar-refractivity contribution in [1.82, 2.24) is 5.32 Å². The molecule has 0 bridgehead atoms. The van der Waals surface area contributed by atoms with Crippen LogP contribution in [0.5, 0.6) is 0 Å². The van der Waals surface area contributed by atoms with Gasteiger partial charge in [-0.25, -0.2) is 8.42 Å². The summed E-state index contributed by atoms with van der Waals surface area (Å²) < 4.78 is 26.4. The van der Waals surface area contributed by atoms with Gasteiger partial charge in [-0.3, -0.25) is 9.10 Å². The van der Waals surface area contributed by atoms with Gasteiger partial charge in [0.25, 0.3) is 5.91 Å². The molecule has 0 aromatic heterocycles. The maximum atomic E-state index is 13.0. The number of sulfonamides is 1. The van der Waals surface area contributed by atoms with Crippen LogP contribution < -0.4 is 9.62 Å². The Hall–Kier alpha value is -3.12. The van der Waals surface area contributed by atoms with Crippen LogP contribution in [0.15, 0.2) is 84.9 Å². The molecule has 1 atom stereocenters. The summed E-state index contributed by atoms with van der Waals surface area (Å²) in [5.74, 6) is -0.321. The van der Waals surface area contributed by atoms with E-state index in [1.165, 1.54) is 4.31 Å². The van der Waals surface area contributed by atoms with Crippen molar-refractivity contribution in [3.63, 3.8) is 0 Å². The second kappa shape index (κ2) is 8.92. The van der Waals surface area contributed by atoms with Gasteiger partial charge in [0, 0.05) is 0 Å². The van der Waals surface area contributed by atoms with E-state index >= 15 is 0 Å². The van der Waals surface area contributed by atoms with Crippen LogP contribution in [0.1, 0.15) is 34.5 Å². The van der Waals surface area contributed by atoms with Crippen molar-refractivity contribution in [3.05, 3.63) is 102 Å². The fraction of sp³-hybridized carbons (Fsp3) is 0.174. The molecule has 1 N–H and O–H groups in total. The van der Waals surface area contributed by atoms with Gasteiger partial charge < -0.3 is 5.32 Å². The molecule has 0 fully saturated rings. The number of nitrogens with zero attached hydrogens (tertiary/aromatic N) is 1. The molecule has 3 rings (SSSR count). The molecule has 0 saturated heterocycles. The highest BCUT2D eigenvalue weighted by Gasteiger charge is 2.24. The first kappa shape index (κ1) is 20.6. The fourth-order valence-corrected chi connectivity index (χ4v) is 4.01. The molecule has 5 nitrogen and oxygen atoms in total. The second-order valence-corrected chi connectivity index (χ2v) is 8.79. The highest BCUT2D eigenvalue weighted by Crippen LogP contribution is 2.26.